The third-order valence-electron chi connectivity index (χ3n) is 3.94. The molecular weight excluding hydrogens is 304 g/mol. The van der Waals surface area contributed by atoms with E-state index in [1.54, 1.807) is 31.4 Å². The number of hydrogen-bond acceptors (Lipinski definition) is 4. The number of phenolic OH excluding ortho intramolecular Hbond substituents is 1. The fraction of sp³-hybridized carbons (Fsp3) is 0.316. The summed E-state index contributed by atoms with van der Waals surface area (Å²) in [6, 6.07) is 14.7. The summed E-state index contributed by atoms with van der Waals surface area (Å²) in [5, 5.41) is 12.7. The zero-order valence-corrected chi connectivity index (χ0v) is 14.3. The van der Waals surface area contributed by atoms with E-state index in [1.807, 2.05) is 38.4 Å². The van der Waals surface area contributed by atoms with Gasteiger partial charge in [-0.15, -0.1) is 0 Å². The largest absolute Gasteiger partial charge is 0.508 e. The Morgan fingerprint density at radius 2 is 1.96 bits per heavy atom. The Labute approximate surface area is 142 Å². The van der Waals surface area contributed by atoms with Gasteiger partial charge in [0.2, 0.25) is 5.91 Å². The van der Waals surface area contributed by atoms with E-state index in [2.05, 4.69) is 10.2 Å². The predicted molar refractivity (Wildman–Crippen MR) is 94.2 cm³/mol. The number of aromatic hydroxyl groups is 1. The average Bonchev–Trinajstić information content (AvgIpc) is 2.57. The van der Waals surface area contributed by atoms with Gasteiger partial charge in [-0.1, -0.05) is 30.3 Å². The lowest BCUT2D eigenvalue weighted by Crippen LogP contribution is -2.35. The minimum atomic E-state index is -0.119. The first-order valence-corrected chi connectivity index (χ1v) is 7.85. The molecule has 0 heterocycles. The molecule has 0 aliphatic rings. The third kappa shape index (κ3) is 4.73. The fourth-order valence-electron chi connectivity index (χ4n) is 2.55. The Bertz CT molecular complexity index is 686. The maximum absolute atomic E-state index is 12.2. The van der Waals surface area contributed by atoms with Crippen LogP contribution in [0.5, 0.6) is 11.5 Å². The number of hydrogen-bond donors (Lipinski definition) is 2. The van der Waals surface area contributed by atoms with E-state index in [9.17, 15) is 9.90 Å². The molecule has 0 saturated heterocycles. The Morgan fingerprint density at radius 1 is 1.21 bits per heavy atom. The van der Waals surface area contributed by atoms with Crippen LogP contribution in [0.2, 0.25) is 0 Å². The number of phenols is 1. The van der Waals surface area contributed by atoms with Crippen molar-refractivity contribution in [2.75, 3.05) is 27.7 Å². The molecule has 0 spiro atoms. The molecule has 1 amide bonds. The molecule has 0 saturated carbocycles. The monoisotopic (exact) mass is 328 g/mol. The number of likely N-dealkylation sites (N-methyl/N-ethyl adjacent to an activating group) is 1. The maximum atomic E-state index is 12.2. The molecule has 0 aliphatic heterocycles. The molecule has 0 radical (unpaired) electrons. The van der Waals surface area contributed by atoms with Crippen LogP contribution in [0.3, 0.4) is 0 Å². The molecule has 0 aromatic heterocycles. The van der Waals surface area contributed by atoms with Gasteiger partial charge in [-0.25, -0.2) is 0 Å². The molecule has 128 valence electrons. The summed E-state index contributed by atoms with van der Waals surface area (Å²) >= 11 is 0. The van der Waals surface area contributed by atoms with Gasteiger partial charge in [0.1, 0.15) is 11.5 Å². The Balaban J connectivity index is 2.01. The molecule has 0 aliphatic carbocycles. The minimum absolute atomic E-state index is 0.0356. The van der Waals surface area contributed by atoms with Gasteiger partial charge in [-0.3, -0.25) is 4.79 Å². The maximum Gasteiger partial charge on any atom is 0.224 e. The lowest BCUT2D eigenvalue weighted by Gasteiger charge is -2.25. The van der Waals surface area contributed by atoms with Gasteiger partial charge in [-0.05, 0) is 37.9 Å². The van der Waals surface area contributed by atoms with E-state index >= 15 is 0 Å². The van der Waals surface area contributed by atoms with Gasteiger partial charge in [0.25, 0.3) is 0 Å². The number of methoxy groups -OCH3 is 1. The second-order valence-corrected chi connectivity index (χ2v) is 5.87. The highest BCUT2D eigenvalue weighted by molar-refractivity contribution is 5.79. The van der Waals surface area contributed by atoms with Crippen molar-refractivity contribution in [3.63, 3.8) is 0 Å². The summed E-state index contributed by atoms with van der Waals surface area (Å²) in [6.45, 7) is 0.479. The van der Waals surface area contributed by atoms with E-state index in [0.29, 0.717) is 12.1 Å². The van der Waals surface area contributed by atoms with E-state index in [1.165, 1.54) is 0 Å². The number of benzene rings is 2. The van der Waals surface area contributed by atoms with E-state index in [4.69, 9.17) is 4.74 Å². The second kappa shape index (κ2) is 8.36. The molecule has 0 fully saturated rings. The number of carbonyl (C=O) groups is 1. The smallest absolute Gasteiger partial charge is 0.224 e. The zero-order valence-electron chi connectivity index (χ0n) is 14.3. The lowest BCUT2D eigenvalue weighted by molar-refractivity contribution is -0.120. The molecular formula is C19H24N2O3. The number of carbonyl (C=O) groups excluding carboxylic acids is 1. The normalized spacial score (nSPS) is 12.0. The Hall–Kier alpha value is -2.53. The van der Waals surface area contributed by atoms with Crippen molar-refractivity contribution in [2.24, 2.45) is 0 Å². The van der Waals surface area contributed by atoms with Gasteiger partial charge in [0, 0.05) is 12.1 Å². The molecule has 2 rings (SSSR count). The summed E-state index contributed by atoms with van der Waals surface area (Å²) in [5.74, 6) is 0.815. The van der Waals surface area contributed by atoms with Crippen LogP contribution in [0, 0.1) is 0 Å². The molecule has 2 aromatic rings. The van der Waals surface area contributed by atoms with E-state index < -0.39 is 0 Å². The topological polar surface area (TPSA) is 61.8 Å². The highest BCUT2D eigenvalue weighted by Gasteiger charge is 2.16. The van der Waals surface area contributed by atoms with Crippen LogP contribution in [-0.4, -0.2) is 43.7 Å². The van der Waals surface area contributed by atoms with Crippen molar-refractivity contribution in [3.8, 4) is 11.5 Å². The molecule has 24 heavy (non-hydrogen) atoms. The van der Waals surface area contributed by atoms with Crippen molar-refractivity contribution in [3.05, 3.63) is 59.7 Å². The van der Waals surface area contributed by atoms with Gasteiger partial charge >= 0.3 is 0 Å². The van der Waals surface area contributed by atoms with Crippen molar-refractivity contribution in [1.29, 1.82) is 0 Å². The van der Waals surface area contributed by atoms with Crippen molar-refractivity contribution < 1.29 is 14.6 Å². The number of nitrogens with one attached hydrogen (secondary N) is 1. The summed E-state index contributed by atoms with van der Waals surface area (Å²) in [5.41, 5.74) is 1.69. The number of para-hydroxylation sites is 1. The van der Waals surface area contributed by atoms with Gasteiger partial charge in [0.15, 0.2) is 0 Å². The predicted octanol–water partition coefficient (Wildman–Crippen LogP) is 2.36. The highest BCUT2D eigenvalue weighted by Crippen LogP contribution is 2.22. The van der Waals surface area contributed by atoms with Crippen molar-refractivity contribution in [2.45, 2.75) is 12.5 Å². The van der Waals surface area contributed by atoms with Crippen molar-refractivity contribution in [1.82, 2.24) is 10.2 Å². The number of nitrogens with zero attached hydrogens (tertiary/aromatic N) is 1. The van der Waals surface area contributed by atoms with Crippen LogP contribution in [0.1, 0.15) is 17.2 Å². The van der Waals surface area contributed by atoms with Crippen molar-refractivity contribution >= 4 is 5.91 Å². The van der Waals surface area contributed by atoms with Crippen LogP contribution >= 0.6 is 0 Å². The standard InChI is InChI=1S/C19H24N2O3/c1-21(2)17(14-8-6-9-16(11-14)24-3)13-20-19(23)12-15-7-4-5-10-18(15)22/h4-11,17,22H,12-13H2,1-3H3,(H,20,23). The molecule has 2 aromatic carbocycles. The van der Waals surface area contributed by atoms with Crippen LogP contribution in [0.15, 0.2) is 48.5 Å². The van der Waals surface area contributed by atoms with Gasteiger partial charge < -0.3 is 20.1 Å². The fourth-order valence-corrected chi connectivity index (χ4v) is 2.55. The van der Waals surface area contributed by atoms with Crippen LogP contribution in [-0.2, 0) is 11.2 Å². The first kappa shape index (κ1) is 17.8. The summed E-state index contributed by atoms with van der Waals surface area (Å²) in [7, 11) is 5.58. The molecule has 2 N–H and O–H groups in total. The lowest BCUT2D eigenvalue weighted by atomic mass is 10.1. The van der Waals surface area contributed by atoms with Gasteiger partial charge in [0.05, 0.1) is 19.6 Å². The number of rotatable bonds is 7. The zero-order chi connectivity index (χ0) is 17.5. The molecule has 1 atom stereocenters. The third-order valence-corrected chi connectivity index (χ3v) is 3.94. The Kier molecular flexibility index (Phi) is 6.21. The summed E-state index contributed by atoms with van der Waals surface area (Å²) in [4.78, 5) is 14.2. The van der Waals surface area contributed by atoms with Gasteiger partial charge in [-0.2, -0.15) is 0 Å². The molecule has 5 nitrogen and oxygen atoms in total. The van der Waals surface area contributed by atoms with E-state index in [-0.39, 0.29) is 24.1 Å². The molecule has 0 bridgehead atoms. The average molecular weight is 328 g/mol. The number of amides is 1. The second-order valence-electron chi connectivity index (χ2n) is 5.87. The van der Waals surface area contributed by atoms with Crippen LogP contribution < -0.4 is 10.1 Å². The molecule has 5 heteroatoms. The minimum Gasteiger partial charge on any atom is -0.508 e. The first-order chi connectivity index (χ1) is 11.5. The highest BCUT2D eigenvalue weighted by atomic mass is 16.5. The summed E-state index contributed by atoms with van der Waals surface area (Å²) in [6.07, 6.45) is 0.158. The van der Waals surface area contributed by atoms with Crippen LogP contribution in [0.25, 0.3) is 0 Å². The quantitative estimate of drug-likeness (QED) is 0.819. The van der Waals surface area contributed by atoms with E-state index in [0.717, 1.165) is 11.3 Å². The van der Waals surface area contributed by atoms with Crippen LogP contribution in [0.4, 0.5) is 0 Å². The summed E-state index contributed by atoms with van der Waals surface area (Å²) < 4.78 is 5.27. The first-order valence-electron chi connectivity index (χ1n) is 7.85. The number of ether oxygens (including phenoxy) is 1. The Morgan fingerprint density at radius 3 is 2.62 bits per heavy atom. The SMILES string of the molecule is COc1cccc(C(CNC(=O)Cc2ccccc2O)N(C)C)c1. The molecule has 1 unspecified atom stereocenters.